The van der Waals surface area contributed by atoms with Crippen LogP contribution >= 0.6 is 0 Å². The van der Waals surface area contributed by atoms with Gasteiger partial charge in [0.05, 0.1) is 17.8 Å². The highest BCUT2D eigenvalue weighted by molar-refractivity contribution is 5.96. The molecule has 2 aromatic carbocycles. The lowest BCUT2D eigenvalue weighted by Gasteiger charge is -2.37. The summed E-state index contributed by atoms with van der Waals surface area (Å²) in [4.78, 5) is 43.9. The minimum Gasteiger partial charge on any atom is -0.465 e. The van der Waals surface area contributed by atoms with Crippen LogP contribution in [0.15, 0.2) is 79.3 Å². The molecule has 2 aliphatic carbocycles. The van der Waals surface area contributed by atoms with Crippen LogP contribution in [-0.4, -0.2) is 53.5 Å². The first-order chi connectivity index (χ1) is 19.9. The van der Waals surface area contributed by atoms with E-state index in [-0.39, 0.29) is 17.6 Å². The van der Waals surface area contributed by atoms with Crippen molar-refractivity contribution in [2.75, 3.05) is 10.6 Å². The van der Waals surface area contributed by atoms with Gasteiger partial charge in [-0.3, -0.25) is 9.69 Å². The highest BCUT2D eigenvalue weighted by Crippen LogP contribution is 2.53. The number of amides is 2. The predicted octanol–water partition coefficient (Wildman–Crippen LogP) is 4.68. The molecule has 6 rings (SSSR count). The number of aromatic nitrogens is 4. The van der Waals surface area contributed by atoms with Crippen molar-refractivity contribution in [1.29, 1.82) is 0 Å². The maximum atomic E-state index is 12.5. The van der Waals surface area contributed by atoms with Crippen LogP contribution < -0.4 is 16.4 Å². The second-order valence-electron chi connectivity index (χ2n) is 10.5. The van der Waals surface area contributed by atoms with Gasteiger partial charge in [0.25, 0.3) is 5.91 Å². The van der Waals surface area contributed by atoms with E-state index in [1.165, 1.54) is 6.20 Å². The molecular formula is C30H30N8O3. The topological polar surface area (TPSA) is 159 Å². The first-order valence-corrected chi connectivity index (χ1v) is 13.6. The molecule has 2 saturated carbocycles. The number of anilines is 3. The average Bonchev–Trinajstić information content (AvgIpc) is 3.92. The fraction of sp³-hybridized carbons (Fsp3) is 0.267. The van der Waals surface area contributed by atoms with E-state index in [1.807, 2.05) is 54.6 Å². The van der Waals surface area contributed by atoms with Crippen molar-refractivity contribution in [1.82, 2.24) is 24.8 Å². The van der Waals surface area contributed by atoms with E-state index in [1.54, 1.807) is 23.4 Å². The summed E-state index contributed by atoms with van der Waals surface area (Å²) in [6, 6.07) is 18.6. The molecule has 0 aliphatic heterocycles. The minimum absolute atomic E-state index is 0.00254. The van der Waals surface area contributed by atoms with Crippen LogP contribution in [0.3, 0.4) is 0 Å². The van der Waals surface area contributed by atoms with Gasteiger partial charge in [-0.15, -0.1) is 0 Å². The molecule has 0 spiro atoms. The van der Waals surface area contributed by atoms with Crippen LogP contribution in [0.25, 0.3) is 11.4 Å². The van der Waals surface area contributed by atoms with Gasteiger partial charge >= 0.3 is 6.09 Å². The van der Waals surface area contributed by atoms with Crippen molar-refractivity contribution in [3.63, 3.8) is 0 Å². The van der Waals surface area contributed by atoms with Crippen molar-refractivity contribution in [2.45, 2.75) is 43.8 Å². The molecule has 2 fully saturated rings. The highest BCUT2D eigenvalue weighted by atomic mass is 16.4. The molecule has 4 aromatic rings. The zero-order chi connectivity index (χ0) is 28.4. The Labute approximate surface area is 236 Å². The van der Waals surface area contributed by atoms with Gasteiger partial charge in [-0.25, -0.2) is 24.7 Å². The summed E-state index contributed by atoms with van der Waals surface area (Å²) in [5.41, 5.74) is 7.46. The van der Waals surface area contributed by atoms with E-state index in [2.05, 4.69) is 30.6 Å². The van der Waals surface area contributed by atoms with Gasteiger partial charge in [0.2, 0.25) is 0 Å². The Bertz CT molecular complexity index is 1560. The number of nitrogens with zero attached hydrogens (tertiary/aromatic N) is 5. The second-order valence-corrected chi connectivity index (χ2v) is 10.5. The molecule has 0 saturated heterocycles. The van der Waals surface area contributed by atoms with Crippen molar-refractivity contribution in [3.8, 4) is 11.4 Å². The fourth-order valence-corrected chi connectivity index (χ4v) is 5.39. The number of carbonyl (C=O) groups excluding carboxylic acids is 1. The number of benzene rings is 2. The fourth-order valence-electron chi connectivity index (χ4n) is 5.39. The zero-order valence-electron chi connectivity index (χ0n) is 22.3. The van der Waals surface area contributed by atoms with Gasteiger partial charge in [0.15, 0.2) is 17.3 Å². The Morgan fingerprint density at radius 3 is 2.44 bits per heavy atom. The van der Waals surface area contributed by atoms with E-state index in [4.69, 9.17) is 5.73 Å². The van der Waals surface area contributed by atoms with Crippen molar-refractivity contribution in [2.24, 2.45) is 11.7 Å². The largest absolute Gasteiger partial charge is 0.465 e. The third-order valence-corrected chi connectivity index (χ3v) is 7.65. The number of carboxylic acid groups (broad SMARTS) is 1. The quantitative estimate of drug-likeness (QED) is 0.208. The number of rotatable bonds is 11. The normalized spacial score (nSPS) is 15.9. The summed E-state index contributed by atoms with van der Waals surface area (Å²) in [7, 11) is 0. The molecule has 2 aliphatic rings. The standard InChI is InChI=1S/C30H30N8O3/c31-26(39)24-28(35-22-9-4-8-21(16-22)27-32-14-5-15-33-27)37-23(17-34-24)36-25(20-10-11-20)30(12-13-30)38(29(40)41)18-19-6-2-1-3-7-19/h1-9,14-17,20,25H,10-13,18H2,(H2,31,39)(H,40,41)(H2,35,36,37). The Kier molecular flexibility index (Phi) is 6.92. The molecule has 0 bridgehead atoms. The third kappa shape index (κ3) is 5.65. The molecule has 5 N–H and O–H groups in total. The van der Waals surface area contributed by atoms with E-state index >= 15 is 0 Å². The summed E-state index contributed by atoms with van der Waals surface area (Å²) in [5, 5.41) is 16.9. The Hall–Kier alpha value is -5.06. The number of primary amides is 1. The van der Waals surface area contributed by atoms with Crippen molar-refractivity contribution in [3.05, 3.63) is 90.5 Å². The van der Waals surface area contributed by atoms with Crippen LogP contribution in [0.5, 0.6) is 0 Å². The molecule has 41 heavy (non-hydrogen) atoms. The van der Waals surface area contributed by atoms with Crippen LogP contribution in [-0.2, 0) is 6.54 Å². The lowest BCUT2D eigenvalue weighted by Crippen LogP contribution is -2.52. The van der Waals surface area contributed by atoms with Crippen LogP contribution in [0.2, 0.25) is 0 Å². The molecule has 1 atom stereocenters. The van der Waals surface area contributed by atoms with Crippen LogP contribution in [0.4, 0.5) is 22.1 Å². The Morgan fingerprint density at radius 1 is 1.02 bits per heavy atom. The first kappa shape index (κ1) is 26.2. The van der Waals surface area contributed by atoms with Gasteiger partial charge in [-0.05, 0) is 55.4 Å². The molecule has 11 heteroatoms. The van der Waals surface area contributed by atoms with Gasteiger partial charge in [0.1, 0.15) is 5.82 Å². The van der Waals surface area contributed by atoms with Crippen molar-refractivity contribution >= 4 is 29.3 Å². The van der Waals surface area contributed by atoms with E-state index in [9.17, 15) is 14.7 Å². The Balaban J connectivity index is 1.28. The number of nitrogens with two attached hydrogens (primary N) is 1. The van der Waals surface area contributed by atoms with Crippen molar-refractivity contribution < 1.29 is 14.7 Å². The van der Waals surface area contributed by atoms with Gasteiger partial charge < -0.3 is 21.5 Å². The SMILES string of the molecule is NC(=O)c1ncc(NC(C2CC2)C2(N(Cc3ccccc3)C(=O)O)CC2)nc1Nc1cccc(-c2ncccn2)c1. The van der Waals surface area contributed by atoms with Crippen LogP contribution in [0.1, 0.15) is 41.7 Å². The van der Waals surface area contributed by atoms with E-state index in [0.717, 1.165) is 36.8 Å². The lowest BCUT2D eigenvalue weighted by molar-refractivity contribution is 0.0992. The van der Waals surface area contributed by atoms with Gasteiger partial charge in [0, 0.05) is 30.2 Å². The van der Waals surface area contributed by atoms with Crippen LogP contribution in [0, 0.1) is 5.92 Å². The molecule has 2 aromatic heterocycles. The first-order valence-electron chi connectivity index (χ1n) is 13.6. The Morgan fingerprint density at radius 2 is 1.78 bits per heavy atom. The average molecular weight is 551 g/mol. The van der Waals surface area contributed by atoms with Gasteiger partial charge in [-0.1, -0.05) is 42.5 Å². The number of hydrogen-bond acceptors (Lipinski definition) is 8. The molecule has 208 valence electrons. The molecule has 11 nitrogen and oxygen atoms in total. The van der Waals surface area contributed by atoms with E-state index < -0.39 is 17.5 Å². The third-order valence-electron chi connectivity index (χ3n) is 7.65. The summed E-state index contributed by atoms with van der Waals surface area (Å²) >= 11 is 0. The molecule has 2 heterocycles. The minimum atomic E-state index is -0.946. The number of nitrogens with one attached hydrogen (secondary N) is 2. The maximum Gasteiger partial charge on any atom is 0.408 e. The van der Waals surface area contributed by atoms with E-state index in [0.29, 0.717) is 29.8 Å². The predicted molar refractivity (Wildman–Crippen MR) is 153 cm³/mol. The monoisotopic (exact) mass is 550 g/mol. The molecule has 2 amide bonds. The summed E-state index contributed by atoms with van der Waals surface area (Å²) < 4.78 is 0. The highest BCUT2D eigenvalue weighted by Gasteiger charge is 2.59. The van der Waals surface area contributed by atoms with Gasteiger partial charge in [-0.2, -0.15) is 0 Å². The maximum absolute atomic E-state index is 12.5. The summed E-state index contributed by atoms with van der Waals surface area (Å²) in [6.07, 6.45) is 7.39. The molecule has 0 radical (unpaired) electrons. The summed E-state index contributed by atoms with van der Waals surface area (Å²) in [5.74, 6) is 0.798. The summed E-state index contributed by atoms with van der Waals surface area (Å²) in [6.45, 7) is 0.307. The second kappa shape index (κ2) is 10.8. The molecular weight excluding hydrogens is 520 g/mol. The zero-order valence-corrected chi connectivity index (χ0v) is 22.3. The number of hydrogen-bond donors (Lipinski definition) is 4. The molecule has 1 unspecified atom stereocenters. The lowest BCUT2D eigenvalue weighted by atomic mass is 9.98. The number of carbonyl (C=O) groups is 2. The smallest absolute Gasteiger partial charge is 0.408 e.